The van der Waals surface area contributed by atoms with Crippen LogP contribution in [0.4, 0.5) is 0 Å². The van der Waals surface area contributed by atoms with Crippen molar-refractivity contribution in [1.29, 1.82) is 0 Å². The summed E-state index contributed by atoms with van der Waals surface area (Å²) in [5.41, 5.74) is 4.18. The van der Waals surface area contributed by atoms with E-state index in [1.165, 1.54) is 11.1 Å². The van der Waals surface area contributed by atoms with E-state index in [0.717, 1.165) is 30.5 Å². The van der Waals surface area contributed by atoms with E-state index in [1.54, 1.807) is 6.20 Å². The van der Waals surface area contributed by atoms with Crippen LogP contribution in [0.25, 0.3) is 0 Å². The highest BCUT2D eigenvalue weighted by atomic mass is 16.4. The molecule has 0 fully saturated rings. The molecule has 26 heavy (non-hydrogen) atoms. The summed E-state index contributed by atoms with van der Waals surface area (Å²) in [6.45, 7) is 1.88. The Morgan fingerprint density at radius 2 is 2.08 bits per heavy atom. The lowest BCUT2D eigenvalue weighted by Gasteiger charge is -2.28. The third-order valence-corrected chi connectivity index (χ3v) is 4.98. The number of carboxylic acid groups (broad SMARTS) is 1. The summed E-state index contributed by atoms with van der Waals surface area (Å²) in [6.07, 6.45) is 5.26. The van der Waals surface area contributed by atoms with Crippen LogP contribution in [0.1, 0.15) is 47.6 Å². The molecule has 0 aliphatic heterocycles. The summed E-state index contributed by atoms with van der Waals surface area (Å²) in [5, 5.41) is 12.3. The second-order valence-corrected chi connectivity index (χ2v) is 6.97. The molecule has 0 radical (unpaired) electrons. The second kappa shape index (κ2) is 8.13. The van der Waals surface area contributed by atoms with Gasteiger partial charge >= 0.3 is 5.97 Å². The van der Waals surface area contributed by atoms with Gasteiger partial charge in [-0.15, -0.1) is 0 Å². The Morgan fingerprint density at radius 3 is 2.81 bits per heavy atom. The third-order valence-electron chi connectivity index (χ3n) is 4.98. The number of hydrogen-bond acceptors (Lipinski definition) is 3. The number of carbonyl (C=O) groups is 2. The largest absolute Gasteiger partial charge is 0.480 e. The molecule has 0 saturated heterocycles. The predicted octanol–water partition coefficient (Wildman–Crippen LogP) is 3.01. The van der Waals surface area contributed by atoms with Crippen molar-refractivity contribution in [2.75, 3.05) is 0 Å². The molecular weight excluding hydrogens is 328 g/mol. The Balaban J connectivity index is 1.65. The minimum atomic E-state index is -0.983. The topological polar surface area (TPSA) is 79.3 Å². The highest BCUT2D eigenvalue weighted by Gasteiger charge is 2.28. The van der Waals surface area contributed by atoms with Gasteiger partial charge in [0.05, 0.1) is 6.42 Å². The number of rotatable bonds is 6. The molecule has 0 saturated carbocycles. The van der Waals surface area contributed by atoms with Crippen LogP contribution in [-0.2, 0) is 22.4 Å². The number of amides is 1. The van der Waals surface area contributed by atoms with Gasteiger partial charge in [-0.05, 0) is 61.3 Å². The van der Waals surface area contributed by atoms with Gasteiger partial charge in [0, 0.05) is 11.9 Å². The van der Waals surface area contributed by atoms with Crippen molar-refractivity contribution in [2.24, 2.45) is 0 Å². The van der Waals surface area contributed by atoms with Crippen molar-refractivity contribution >= 4 is 11.9 Å². The number of pyridine rings is 1. The minimum Gasteiger partial charge on any atom is -0.480 e. The third kappa shape index (κ3) is 4.48. The fourth-order valence-corrected chi connectivity index (χ4v) is 3.64. The molecule has 0 bridgehead atoms. The van der Waals surface area contributed by atoms with Gasteiger partial charge in [0.25, 0.3) is 0 Å². The van der Waals surface area contributed by atoms with Crippen LogP contribution in [0.3, 0.4) is 0 Å². The molecule has 1 heterocycles. The molecular formula is C21H24N2O3. The summed E-state index contributed by atoms with van der Waals surface area (Å²) in [4.78, 5) is 28.2. The van der Waals surface area contributed by atoms with Crippen LogP contribution in [0, 0.1) is 6.92 Å². The molecule has 2 unspecified atom stereocenters. The van der Waals surface area contributed by atoms with Crippen molar-refractivity contribution in [2.45, 2.75) is 51.0 Å². The molecule has 5 nitrogen and oxygen atoms in total. The quantitative estimate of drug-likeness (QED) is 0.837. The van der Waals surface area contributed by atoms with E-state index in [1.807, 2.05) is 31.2 Å². The number of aryl methyl sites for hydroxylation is 2. The molecule has 2 N–H and O–H groups in total. The van der Waals surface area contributed by atoms with Crippen molar-refractivity contribution in [1.82, 2.24) is 10.3 Å². The van der Waals surface area contributed by atoms with E-state index >= 15 is 0 Å². The normalized spacial score (nSPS) is 17.2. The highest BCUT2D eigenvalue weighted by molar-refractivity contribution is 5.84. The lowest BCUT2D eigenvalue weighted by atomic mass is 9.79. The maximum Gasteiger partial charge on any atom is 0.326 e. The highest BCUT2D eigenvalue weighted by Crippen LogP contribution is 2.34. The summed E-state index contributed by atoms with van der Waals surface area (Å²) in [6, 6.07) is 11.0. The number of aliphatic carboxylic acids is 1. The Hall–Kier alpha value is -2.69. The van der Waals surface area contributed by atoms with Crippen LogP contribution in [-0.4, -0.2) is 28.0 Å². The first-order chi connectivity index (χ1) is 12.5. The van der Waals surface area contributed by atoms with Gasteiger partial charge in [-0.2, -0.15) is 0 Å². The van der Waals surface area contributed by atoms with Gasteiger partial charge in [0.2, 0.25) is 5.91 Å². The Bertz CT molecular complexity index is 786. The van der Waals surface area contributed by atoms with E-state index in [-0.39, 0.29) is 18.2 Å². The zero-order valence-electron chi connectivity index (χ0n) is 14.9. The Labute approximate surface area is 153 Å². The van der Waals surface area contributed by atoms with Crippen molar-refractivity contribution in [3.63, 3.8) is 0 Å². The summed E-state index contributed by atoms with van der Waals surface area (Å²) < 4.78 is 0. The average Bonchev–Trinajstić information content (AvgIpc) is 2.63. The van der Waals surface area contributed by atoms with E-state index < -0.39 is 12.0 Å². The number of nitrogens with zero attached hydrogens (tertiary/aromatic N) is 1. The molecule has 5 heteroatoms. The Kier molecular flexibility index (Phi) is 5.66. The molecule has 1 aromatic heterocycles. The van der Waals surface area contributed by atoms with Crippen LogP contribution in [0.5, 0.6) is 0 Å². The molecule has 1 aromatic carbocycles. The van der Waals surface area contributed by atoms with Crippen LogP contribution < -0.4 is 5.32 Å². The molecule has 1 aliphatic carbocycles. The fraction of sp³-hybridized carbons (Fsp3) is 0.381. The number of fused-ring (bicyclic) bond motifs is 1. The van der Waals surface area contributed by atoms with Gasteiger partial charge in [-0.25, -0.2) is 4.79 Å². The first-order valence-electron chi connectivity index (χ1n) is 9.04. The molecule has 3 rings (SSSR count). The number of carbonyl (C=O) groups excluding carboxylic acids is 1. The van der Waals surface area contributed by atoms with Gasteiger partial charge in [0.1, 0.15) is 6.04 Å². The van der Waals surface area contributed by atoms with Gasteiger partial charge in [-0.1, -0.05) is 30.3 Å². The summed E-state index contributed by atoms with van der Waals surface area (Å²) >= 11 is 0. The lowest BCUT2D eigenvalue weighted by Crippen LogP contribution is -2.42. The van der Waals surface area contributed by atoms with Crippen LogP contribution >= 0.6 is 0 Å². The second-order valence-electron chi connectivity index (χ2n) is 6.97. The van der Waals surface area contributed by atoms with Gasteiger partial charge in [0.15, 0.2) is 0 Å². The fourth-order valence-electron chi connectivity index (χ4n) is 3.64. The SMILES string of the molecule is Cc1ccc(CC(=O)NC(CC2CCCc3ccccc32)C(=O)O)cn1. The smallest absolute Gasteiger partial charge is 0.326 e. The number of nitrogens with one attached hydrogen (secondary N) is 1. The minimum absolute atomic E-state index is 0.137. The number of aromatic nitrogens is 1. The van der Waals surface area contributed by atoms with Crippen LogP contribution in [0.15, 0.2) is 42.6 Å². The predicted molar refractivity (Wildman–Crippen MR) is 99.0 cm³/mol. The molecule has 2 aromatic rings. The monoisotopic (exact) mass is 352 g/mol. The first-order valence-corrected chi connectivity index (χ1v) is 9.04. The zero-order valence-corrected chi connectivity index (χ0v) is 14.9. The van der Waals surface area contributed by atoms with Crippen molar-refractivity contribution in [3.05, 3.63) is 65.0 Å². The number of carboxylic acids is 1. The van der Waals surface area contributed by atoms with Crippen LogP contribution in [0.2, 0.25) is 0 Å². The van der Waals surface area contributed by atoms with E-state index in [0.29, 0.717) is 6.42 Å². The standard InChI is InChI=1S/C21H24N2O3/c1-14-9-10-15(13-22-14)11-20(24)23-19(21(25)26)12-17-7-4-6-16-5-2-3-8-18(16)17/h2-3,5,8-10,13,17,19H,4,6-7,11-12H2,1H3,(H,23,24)(H,25,26). The molecule has 0 spiro atoms. The molecule has 1 aliphatic rings. The van der Waals surface area contributed by atoms with Crippen molar-refractivity contribution < 1.29 is 14.7 Å². The number of benzene rings is 1. The van der Waals surface area contributed by atoms with E-state index in [9.17, 15) is 14.7 Å². The van der Waals surface area contributed by atoms with E-state index in [2.05, 4.69) is 22.4 Å². The van der Waals surface area contributed by atoms with Crippen molar-refractivity contribution in [3.8, 4) is 0 Å². The maximum atomic E-state index is 12.3. The molecule has 2 atom stereocenters. The van der Waals surface area contributed by atoms with Gasteiger partial charge in [-0.3, -0.25) is 9.78 Å². The lowest BCUT2D eigenvalue weighted by molar-refractivity contribution is -0.142. The van der Waals surface area contributed by atoms with Gasteiger partial charge < -0.3 is 10.4 Å². The average molecular weight is 352 g/mol. The Morgan fingerprint density at radius 1 is 1.27 bits per heavy atom. The first kappa shape index (κ1) is 18.1. The molecule has 1 amide bonds. The summed E-state index contributed by atoms with van der Waals surface area (Å²) in [5.74, 6) is -1.10. The zero-order chi connectivity index (χ0) is 18.5. The molecule has 136 valence electrons. The van der Waals surface area contributed by atoms with E-state index in [4.69, 9.17) is 0 Å². The number of hydrogen-bond donors (Lipinski definition) is 2. The maximum absolute atomic E-state index is 12.3. The summed E-state index contributed by atoms with van der Waals surface area (Å²) in [7, 11) is 0.